The van der Waals surface area contributed by atoms with Gasteiger partial charge < -0.3 is 15.2 Å². The van der Waals surface area contributed by atoms with Crippen LogP contribution in [-0.2, 0) is 6.54 Å². The number of nitrogens with zero attached hydrogens (tertiary/aromatic N) is 1. The molecule has 1 atom stereocenters. The van der Waals surface area contributed by atoms with Crippen molar-refractivity contribution in [1.29, 1.82) is 0 Å². The van der Waals surface area contributed by atoms with Crippen LogP contribution in [-0.4, -0.2) is 28.5 Å². The minimum atomic E-state index is -0.0990. The Hall–Kier alpha value is -1.78. The molecule has 1 unspecified atom stereocenters. The summed E-state index contributed by atoms with van der Waals surface area (Å²) in [5, 5.41) is 2.98. The average Bonchev–Trinajstić information content (AvgIpc) is 3.04. The Bertz CT molecular complexity index is 647. The van der Waals surface area contributed by atoms with Crippen LogP contribution in [0, 0.1) is 19.8 Å². The molecule has 24 heavy (non-hydrogen) atoms. The number of carbonyl (C=O) groups excluding carboxylic acids is 1. The van der Waals surface area contributed by atoms with Crippen LogP contribution in [0.15, 0.2) is 10.9 Å². The first-order chi connectivity index (χ1) is 11.6. The minimum absolute atomic E-state index is 0.0116. The summed E-state index contributed by atoms with van der Waals surface area (Å²) >= 11 is 0. The molecule has 1 aromatic rings. The number of carbonyl (C=O) groups is 1. The summed E-state index contributed by atoms with van der Waals surface area (Å²) in [6.07, 6.45) is 8.67. The molecule has 1 saturated carbocycles. The van der Waals surface area contributed by atoms with Gasteiger partial charge in [-0.25, -0.2) is 4.79 Å². The van der Waals surface area contributed by atoms with Gasteiger partial charge in [-0.2, -0.15) is 0 Å². The summed E-state index contributed by atoms with van der Waals surface area (Å²) in [5.74, 6) is 0.663. The van der Waals surface area contributed by atoms with E-state index in [4.69, 9.17) is 0 Å². The summed E-state index contributed by atoms with van der Waals surface area (Å²) in [4.78, 5) is 29.6. The van der Waals surface area contributed by atoms with Crippen molar-refractivity contribution in [3.8, 4) is 0 Å². The number of nitrogens with one attached hydrogen (secondary N) is 2. The van der Waals surface area contributed by atoms with E-state index in [1.807, 2.05) is 24.8 Å². The van der Waals surface area contributed by atoms with Crippen LogP contribution in [0.4, 0.5) is 4.79 Å². The first-order valence-corrected chi connectivity index (χ1v) is 9.30. The second-order valence-corrected chi connectivity index (χ2v) is 7.40. The van der Waals surface area contributed by atoms with Crippen LogP contribution in [0.3, 0.4) is 0 Å². The van der Waals surface area contributed by atoms with Crippen molar-refractivity contribution in [3.05, 3.63) is 33.2 Å². The van der Waals surface area contributed by atoms with Crippen molar-refractivity contribution in [2.75, 3.05) is 6.54 Å². The fourth-order valence-corrected chi connectivity index (χ4v) is 4.42. The number of rotatable bonds is 3. The van der Waals surface area contributed by atoms with Gasteiger partial charge in [-0.15, -0.1) is 0 Å². The normalized spacial score (nSPS) is 21.9. The van der Waals surface area contributed by atoms with Crippen LogP contribution in [0.25, 0.3) is 0 Å². The number of urea groups is 1. The zero-order chi connectivity index (χ0) is 17.1. The summed E-state index contributed by atoms with van der Waals surface area (Å²) in [6.45, 7) is 4.94. The van der Waals surface area contributed by atoms with E-state index in [1.165, 1.54) is 32.1 Å². The van der Waals surface area contributed by atoms with Gasteiger partial charge in [0, 0.05) is 23.8 Å². The third-order valence-corrected chi connectivity index (χ3v) is 5.66. The zero-order valence-electron chi connectivity index (χ0n) is 14.9. The van der Waals surface area contributed by atoms with E-state index in [9.17, 15) is 9.59 Å². The van der Waals surface area contributed by atoms with E-state index in [-0.39, 0.29) is 11.6 Å². The van der Waals surface area contributed by atoms with E-state index in [0.29, 0.717) is 24.1 Å². The SMILES string of the molecule is Cc1cc(C)c(CNC(=O)N2CCCC2C2CCCCC2)c(=O)[nH]1. The van der Waals surface area contributed by atoms with Gasteiger partial charge in [-0.1, -0.05) is 19.3 Å². The molecule has 0 bridgehead atoms. The quantitative estimate of drug-likeness (QED) is 0.893. The van der Waals surface area contributed by atoms with E-state index >= 15 is 0 Å². The second-order valence-electron chi connectivity index (χ2n) is 7.40. The van der Waals surface area contributed by atoms with Gasteiger partial charge in [0.2, 0.25) is 0 Å². The molecule has 0 aromatic carbocycles. The van der Waals surface area contributed by atoms with Crippen molar-refractivity contribution in [2.24, 2.45) is 5.92 Å². The van der Waals surface area contributed by atoms with Gasteiger partial charge in [-0.05, 0) is 57.1 Å². The number of hydrogen-bond donors (Lipinski definition) is 2. The minimum Gasteiger partial charge on any atom is -0.334 e. The lowest BCUT2D eigenvalue weighted by atomic mass is 9.83. The van der Waals surface area contributed by atoms with E-state index in [2.05, 4.69) is 10.3 Å². The Morgan fingerprint density at radius 1 is 1.21 bits per heavy atom. The molecule has 1 aromatic heterocycles. The van der Waals surface area contributed by atoms with Crippen LogP contribution in [0.2, 0.25) is 0 Å². The molecule has 0 spiro atoms. The molecule has 5 nitrogen and oxygen atoms in total. The molecule has 0 radical (unpaired) electrons. The van der Waals surface area contributed by atoms with Crippen molar-refractivity contribution in [2.45, 2.75) is 71.4 Å². The predicted molar refractivity (Wildman–Crippen MR) is 95.1 cm³/mol. The lowest BCUT2D eigenvalue weighted by molar-refractivity contribution is 0.156. The molecule has 2 aliphatic rings. The standard InChI is InChI=1S/C19H29N3O2/c1-13-11-14(2)21-18(23)16(13)12-20-19(24)22-10-6-9-17(22)15-7-4-3-5-8-15/h11,15,17H,3-10,12H2,1-2H3,(H,20,24)(H,21,23). The fraction of sp³-hybridized carbons (Fsp3) is 0.684. The zero-order valence-corrected chi connectivity index (χ0v) is 14.9. The number of pyridine rings is 1. The fourth-order valence-electron chi connectivity index (χ4n) is 4.42. The van der Waals surface area contributed by atoms with Crippen LogP contribution >= 0.6 is 0 Å². The van der Waals surface area contributed by atoms with E-state index in [0.717, 1.165) is 30.6 Å². The molecular formula is C19H29N3O2. The van der Waals surface area contributed by atoms with Gasteiger partial charge in [0.1, 0.15) is 0 Å². The predicted octanol–water partition coefficient (Wildman–Crippen LogP) is 3.25. The maximum absolute atomic E-state index is 12.7. The van der Waals surface area contributed by atoms with Gasteiger partial charge in [0.15, 0.2) is 0 Å². The number of aromatic nitrogens is 1. The third kappa shape index (κ3) is 3.65. The summed E-state index contributed by atoms with van der Waals surface area (Å²) in [7, 11) is 0. The first-order valence-electron chi connectivity index (χ1n) is 9.30. The highest BCUT2D eigenvalue weighted by Gasteiger charge is 2.35. The number of hydrogen-bond acceptors (Lipinski definition) is 2. The van der Waals surface area contributed by atoms with Gasteiger partial charge in [-0.3, -0.25) is 4.79 Å². The molecule has 2 amide bonds. The van der Waals surface area contributed by atoms with Gasteiger partial charge in [0.25, 0.3) is 5.56 Å². The van der Waals surface area contributed by atoms with Crippen molar-refractivity contribution >= 4 is 6.03 Å². The summed E-state index contributed by atoms with van der Waals surface area (Å²) in [5.41, 5.74) is 2.34. The number of amides is 2. The Labute approximate surface area is 143 Å². The molecular weight excluding hydrogens is 302 g/mol. The Balaban J connectivity index is 1.63. The van der Waals surface area contributed by atoms with Crippen molar-refractivity contribution < 1.29 is 4.79 Å². The van der Waals surface area contributed by atoms with Gasteiger partial charge in [0.05, 0.1) is 6.54 Å². The molecule has 3 rings (SSSR count). The highest BCUT2D eigenvalue weighted by molar-refractivity contribution is 5.75. The number of aromatic amines is 1. The molecule has 1 aliphatic heterocycles. The largest absolute Gasteiger partial charge is 0.334 e. The third-order valence-electron chi connectivity index (χ3n) is 5.66. The monoisotopic (exact) mass is 331 g/mol. The molecule has 132 valence electrons. The van der Waals surface area contributed by atoms with E-state index in [1.54, 1.807) is 0 Å². The van der Waals surface area contributed by atoms with Crippen molar-refractivity contribution in [1.82, 2.24) is 15.2 Å². The van der Waals surface area contributed by atoms with Gasteiger partial charge >= 0.3 is 6.03 Å². The van der Waals surface area contributed by atoms with Crippen LogP contribution < -0.4 is 10.9 Å². The summed E-state index contributed by atoms with van der Waals surface area (Å²) in [6, 6.07) is 2.33. The Kier molecular flexibility index (Phi) is 5.27. The van der Waals surface area contributed by atoms with Crippen LogP contribution in [0.5, 0.6) is 0 Å². The molecule has 1 aliphatic carbocycles. The molecule has 2 heterocycles. The maximum Gasteiger partial charge on any atom is 0.317 e. The number of aryl methyl sites for hydroxylation is 2. The van der Waals surface area contributed by atoms with E-state index < -0.39 is 0 Å². The summed E-state index contributed by atoms with van der Waals surface area (Å²) < 4.78 is 0. The molecule has 2 N–H and O–H groups in total. The molecule has 1 saturated heterocycles. The topological polar surface area (TPSA) is 65.2 Å². The van der Waals surface area contributed by atoms with Crippen molar-refractivity contribution in [3.63, 3.8) is 0 Å². The second kappa shape index (κ2) is 7.41. The molecule has 2 fully saturated rings. The first kappa shape index (κ1) is 17.1. The molecule has 5 heteroatoms. The average molecular weight is 331 g/mol. The highest BCUT2D eigenvalue weighted by Crippen LogP contribution is 2.34. The number of H-pyrrole nitrogens is 1. The lowest BCUT2D eigenvalue weighted by Crippen LogP contribution is -2.46. The lowest BCUT2D eigenvalue weighted by Gasteiger charge is -2.34. The van der Waals surface area contributed by atoms with Crippen LogP contribution in [0.1, 0.15) is 61.8 Å². The Morgan fingerprint density at radius 3 is 2.67 bits per heavy atom. The smallest absolute Gasteiger partial charge is 0.317 e. The maximum atomic E-state index is 12.7. The highest BCUT2D eigenvalue weighted by atomic mass is 16.2. The number of likely N-dealkylation sites (tertiary alicyclic amines) is 1. The Morgan fingerprint density at radius 2 is 1.96 bits per heavy atom.